The zero-order valence-electron chi connectivity index (χ0n) is 11.7. The smallest absolute Gasteiger partial charge is 0.335 e. The number of fused-ring (bicyclic) bond motifs is 1. The molecule has 1 aliphatic heterocycles. The van der Waals surface area contributed by atoms with Gasteiger partial charge < -0.3 is 9.88 Å². The van der Waals surface area contributed by atoms with E-state index in [2.05, 4.69) is 19.8 Å². The van der Waals surface area contributed by atoms with E-state index in [4.69, 9.17) is 0 Å². The van der Waals surface area contributed by atoms with Crippen molar-refractivity contribution in [1.82, 2.24) is 19.8 Å². The van der Waals surface area contributed by atoms with Crippen molar-refractivity contribution in [2.45, 2.75) is 12.7 Å². The number of piperazine rings is 1. The quantitative estimate of drug-likeness (QED) is 0.924. The number of nitrogens with zero attached hydrogens (tertiary/aromatic N) is 3. The van der Waals surface area contributed by atoms with Crippen molar-refractivity contribution in [2.75, 3.05) is 33.2 Å². The molecule has 2 aromatic rings. The lowest BCUT2D eigenvalue weighted by Gasteiger charge is -2.32. The molecular formula is C14H17F3N4. The Kier molecular flexibility index (Phi) is 3.62. The van der Waals surface area contributed by atoms with E-state index in [0.29, 0.717) is 23.1 Å². The number of aromatic nitrogens is 2. The van der Waals surface area contributed by atoms with E-state index in [0.717, 1.165) is 26.2 Å². The minimum absolute atomic E-state index is 0.300. The van der Waals surface area contributed by atoms with Crippen LogP contribution in [0.1, 0.15) is 11.3 Å². The second kappa shape index (κ2) is 5.31. The SMILES string of the molecule is CN1CCN(Cc2c(C(F)(F)F)[nH]c3ncccc23)CC1. The number of pyridine rings is 1. The van der Waals surface area contributed by atoms with Crippen molar-refractivity contribution in [3.05, 3.63) is 29.6 Å². The minimum Gasteiger partial charge on any atom is -0.335 e. The Morgan fingerprint density at radius 2 is 1.95 bits per heavy atom. The minimum atomic E-state index is -4.39. The highest BCUT2D eigenvalue weighted by Crippen LogP contribution is 2.35. The van der Waals surface area contributed by atoms with Crippen LogP contribution < -0.4 is 0 Å². The maximum Gasteiger partial charge on any atom is 0.431 e. The Hall–Kier alpha value is -1.60. The Bertz CT molecular complexity index is 627. The summed E-state index contributed by atoms with van der Waals surface area (Å²) in [5, 5.41) is 0.559. The van der Waals surface area contributed by atoms with Crippen molar-refractivity contribution in [1.29, 1.82) is 0 Å². The van der Waals surface area contributed by atoms with Gasteiger partial charge in [-0.15, -0.1) is 0 Å². The first kappa shape index (κ1) is 14.3. The molecule has 0 unspecified atom stereocenters. The molecule has 7 heteroatoms. The molecule has 0 saturated carbocycles. The van der Waals surface area contributed by atoms with Gasteiger partial charge in [0.05, 0.1) is 0 Å². The van der Waals surface area contributed by atoms with Crippen molar-refractivity contribution in [3.8, 4) is 0 Å². The third kappa shape index (κ3) is 2.89. The van der Waals surface area contributed by atoms with E-state index >= 15 is 0 Å². The Morgan fingerprint density at radius 1 is 1.24 bits per heavy atom. The summed E-state index contributed by atoms with van der Waals surface area (Å²) in [5.41, 5.74) is -0.0702. The van der Waals surface area contributed by atoms with Crippen LogP contribution in [0.25, 0.3) is 11.0 Å². The highest BCUT2D eigenvalue weighted by molar-refractivity contribution is 5.81. The van der Waals surface area contributed by atoms with Gasteiger partial charge in [0, 0.05) is 49.9 Å². The van der Waals surface area contributed by atoms with Gasteiger partial charge in [0.1, 0.15) is 11.3 Å². The third-order valence-corrected chi connectivity index (χ3v) is 3.94. The van der Waals surface area contributed by atoms with E-state index in [1.54, 1.807) is 12.1 Å². The van der Waals surface area contributed by atoms with Crippen molar-refractivity contribution in [3.63, 3.8) is 0 Å². The number of aromatic amines is 1. The molecule has 1 N–H and O–H groups in total. The van der Waals surface area contributed by atoms with Crippen molar-refractivity contribution >= 4 is 11.0 Å². The van der Waals surface area contributed by atoms with Crippen molar-refractivity contribution < 1.29 is 13.2 Å². The van der Waals surface area contributed by atoms with Gasteiger partial charge in [-0.2, -0.15) is 13.2 Å². The van der Waals surface area contributed by atoms with Crippen LogP contribution in [0.2, 0.25) is 0 Å². The van der Waals surface area contributed by atoms with Crippen LogP contribution >= 0.6 is 0 Å². The first-order valence-corrected chi connectivity index (χ1v) is 6.89. The van der Waals surface area contributed by atoms with E-state index in [-0.39, 0.29) is 0 Å². The van der Waals surface area contributed by atoms with Gasteiger partial charge in [0.15, 0.2) is 0 Å². The maximum absolute atomic E-state index is 13.2. The summed E-state index contributed by atoms with van der Waals surface area (Å²) in [4.78, 5) is 10.7. The normalized spacial score (nSPS) is 18.5. The van der Waals surface area contributed by atoms with E-state index in [9.17, 15) is 13.2 Å². The monoisotopic (exact) mass is 298 g/mol. The number of H-pyrrole nitrogens is 1. The Morgan fingerprint density at radius 3 is 2.62 bits per heavy atom. The maximum atomic E-state index is 13.2. The van der Waals surface area contributed by atoms with Crippen LogP contribution in [-0.4, -0.2) is 53.0 Å². The summed E-state index contributed by atoms with van der Waals surface area (Å²) in [6.07, 6.45) is -2.89. The van der Waals surface area contributed by atoms with Gasteiger partial charge in [-0.05, 0) is 19.2 Å². The zero-order valence-corrected chi connectivity index (χ0v) is 11.7. The molecule has 1 fully saturated rings. The van der Waals surface area contributed by atoms with Gasteiger partial charge in [-0.25, -0.2) is 4.98 Å². The van der Waals surface area contributed by atoms with Crippen LogP contribution in [0.15, 0.2) is 18.3 Å². The molecule has 114 valence electrons. The van der Waals surface area contributed by atoms with E-state index in [1.807, 2.05) is 7.05 Å². The predicted octanol–water partition coefficient (Wildman–Crippen LogP) is 2.33. The van der Waals surface area contributed by atoms with Gasteiger partial charge >= 0.3 is 6.18 Å². The molecule has 0 aromatic carbocycles. The first-order valence-electron chi connectivity index (χ1n) is 6.89. The summed E-state index contributed by atoms with van der Waals surface area (Å²) < 4.78 is 39.7. The lowest BCUT2D eigenvalue weighted by Crippen LogP contribution is -2.44. The molecule has 21 heavy (non-hydrogen) atoms. The molecular weight excluding hydrogens is 281 g/mol. The molecule has 0 spiro atoms. The fraction of sp³-hybridized carbons (Fsp3) is 0.500. The zero-order chi connectivity index (χ0) is 15.0. The summed E-state index contributed by atoms with van der Waals surface area (Å²) >= 11 is 0. The highest BCUT2D eigenvalue weighted by Gasteiger charge is 2.37. The lowest BCUT2D eigenvalue weighted by molar-refractivity contribution is -0.141. The average Bonchev–Trinajstić information content (AvgIpc) is 2.81. The number of halogens is 3. The largest absolute Gasteiger partial charge is 0.431 e. The number of hydrogen-bond acceptors (Lipinski definition) is 3. The van der Waals surface area contributed by atoms with Crippen LogP contribution in [0.3, 0.4) is 0 Å². The molecule has 0 bridgehead atoms. The van der Waals surface area contributed by atoms with Gasteiger partial charge in [-0.3, -0.25) is 4.90 Å². The van der Waals surface area contributed by atoms with Crippen LogP contribution in [0, 0.1) is 0 Å². The molecule has 0 radical (unpaired) electrons. The standard InChI is InChI=1S/C14H17F3N4/c1-20-5-7-21(8-6-20)9-11-10-3-2-4-18-13(10)19-12(11)14(15,16)17/h2-4H,5-9H2,1H3,(H,18,19). The van der Waals surface area contributed by atoms with Gasteiger partial charge in [-0.1, -0.05) is 0 Å². The molecule has 0 amide bonds. The van der Waals surface area contributed by atoms with Crippen LogP contribution in [-0.2, 0) is 12.7 Å². The van der Waals surface area contributed by atoms with E-state index < -0.39 is 11.9 Å². The summed E-state index contributed by atoms with van der Waals surface area (Å²) in [6.45, 7) is 3.61. The summed E-state index contributed by atoms with van der Waals surface area (Å²) in [5.74, 6) is 0. The van der Waals surface area contributed by atoms with E-state index in [1.165, 1.54) is 6.20 Å². The molecule has 1 aliphatic rings. The first-order chi connectivity index (χ1) is 9.95. The van der Waals surface area contributed by atoms with Gasteiger partial charge in [0.2, 0.25) is 0 Å². The predicted molar refractivity (Wildman–Crippen MR) is 73.9 cm³/mol. The molecule has 0 aliphatic carbocycles. The fourth-order valence-corrected chi connectivity index (χ4v) is 2.71. The molecule has 3 heterocycles. The lowest BCUT2D eigenvalue weighted by atomic mass is 10.1. The summed E-state index contributed by atoms with van der Waals surface area (Å²) in [6, 6.07) is 3.36. The number of likely N-dealkylation sites (N-methyl/N-ethyl adjacent to an activating group) is 1. The van der Waals surface area contributed by atoms with Crippen LogP contribution in [0.5, 0.6) is 0 Å². The molecule has 3 rings (SSSR count). The highest BCUT2D eigenvalue weighted by atomic mass is 19.4. The second-order valence-corrected chi connectivity index (χ2v) is 5.46. The molecule has 2 aromatic heterocycles. The Balaban J connectivity index is 1.96. The van der Waals surface area contributed by atoms with Gasteiger partial charge in [0.25, 0.3) is 0 Å². The summed E-state index contributed by atoms with van der Waals surface area (Å²) in [7, 11) is 2.02. The fourth-order valence-electron chi connectivity index (χ4n) is 2.71. The third-order valence-electron chi connectivity index (χ3n) is 3.94. The second-order valence-electron chi connectivity index (χ2n) is 5.46. The number of nitrogens with one attached hydrogen (secondary N) is 1. The number of hydrogen-bond donors (Lipinski definition) is 1. The molecule has 1 saturated heterocycles. The topological polar surface area (TPSA) is 35.2 Å². The Labute approximate surface area is 120 Å². The number of rotatable bonds is 2. The molecule has 0 atom stereocenters. The number of alkyl halides is 3. The van der Waals surface area contributed by atoms with Crippen molar-refractivity contribution in [2.24, 2.45) is 0 Å². The average molecular weight is 298 g/mol. The molecule has 4 nitrogen and oxygen atoms in total. The van der Waals surface area contributed by atoms with Crippen LogP contribution in [0.4, 0.5) is 13.2 Å².